The van der Waals surface area contributed by atoms with Crippen molar-refractivity contribution < 1.29 is 19.1 Å². The summed E-state index contributed by atoms with van der Waals surface area (Å²) in [4.78, 5) is 37.3. The maximum absolute atomic E-state index is 13.1. The van der Waals surface area contributed by atoms with Crippen LogP contribution in [0.1, 0.15) is 45.6 Å². The summed E-state index contributed by atoms with van der Waals surface area (Å²) in [6.07, 6.45) is 1.52. The molecule has 0 radical (unpaired) electrons. The second-order valence-electron chi connectivity index (χ2n) is 9.08. The van der Waals surface area contributed by atoms with Crippen LogP contribution >= 0.6 is 11.6 Å². The van der Waals surface area contributed by atoms with Gasteiger partial charge in [0.15, 0.2) is 0 Å². The molecule has 0 bridgehead atoms. The number of amides is 3. The molecular formula is C22H30ClN3O4. The van der Waals surface area contributed by atoms with Crippen molar-refractivity contribution in [2.45, 2.75) is 51.5 Å². The van der Waals surface area contributed by atoms with E-state index in [1.807, 2.05) is 12.1 Å². The third-order valence-electron chi connectivity index (χ3n) is 5.71. The SMILES string of the molecule is CC(C)(C)c1ccc(NC(=O)[C@@H](NC(=O)[C@@H]2CNC(=O)C2)C2CCOCC2)cc1Cl. The molecule has 1 aromatic carbocycles. The molecular weight excluding hydrogens is 406 g/mol. The minimum absolute atomic E-state index is 0.0305. The van der Waals surface area contributed by atoms with Crippen LogP contribution in [0.5, 0.6) is 0 Å². The Hall–Kier alpha value is -2.12. The van der Waals surface area contributed by atoms with E-state index in [1.54, 1.807) is 6.07 Å². The fourth-order valence-corrected chi connectivity index (χ4v) is 4.39. The molecule has 0 spiro atoms. The molecule has 2 aliphatic heterocycles. The van der Waals surface area contributed by atoms with Gasteiger partial charge in [-0.2, -0.15) is 0 Å². The molecule has 0 unspecified atom stereocenters. The van der Waals surface area contributed by atoms with Gasteiger partial charge in [0.2, 0.25) is 17.7 Å². The average Bonchev–Trinajstić information content (AvgIpc) is 3.12. The van der Waals surface area contributed by atoms with Gasteiger partial charge in [0.05, 0.1) is 5.92 Å². The third-order valence-corrected chi connectivity index (χ3v) is 6.02. The molecule has 2 atom stereocenters. The predicted octanol–water partition coefficient (Wildman–Crippen LogP) is 2.62. The summed E-state index contributed by atoms with van der Waals surface area (Å²) in [5, 5.41) is 9.04. The van der Waals surface area contributed by atoms with Crippen LogP contribution in [0.4, 0.5) is 5.69 Å². The highest BCUT2D eigenvalue weighted by Crippen LogP contribution is 2.31. The molecule has 30 heavy (non-hydrogen) atoms. The monoisotopic (exact) mass is 435 g/mol. The number of nitrogens with one attached hydrogen (secondary N) is 3. The normalized spacial score (nSPS) is 21.1. The minimum atomic E-state index is -0.696. The summed E-state index contributed by atoms with van der Waals surface area (Å²) in [6.45, 7) is 7.64. The van der Waals surface area contributed by atoms with E-state index in [2.05, 4.69) is 36.7 Å². The zero-order chi connectivity index (χ0) is 21.9. The second-order valence-corrected chi connectivity index (χ2v) is 9.48. The molecule has 164 valence electrons. The van der Waals surface area contributed by atoms with Crippen molar-refractivity contribution >= 4 is 35.0 Å². The van der Waals surface area contributed by atoms with Crippen LogP contribution in [0.2, 0.25) is 5.02 Å². The molecule has 2 aliphatic rings. The van der Waals surface area contributed by atoms with Gasteiger partial charge in [0.1, 0.15) is 6.04 Å². The molecule has 8 heteroatoms. The number of hydrogen-bond acceptors (Lipinski definition) is 4. The summed E-state index contributed by atoms with van der Waals surface area (Å²) in [7, 11) is 0. The molecule has 2 saturated heterocycles. The van der Waals surface area contributed by atoms with Crippen molar-refractivity contribution in [3.05, 3.63) is 28.8 Å². The minimum Gasteiger partial charge on any atom is -0.381 e. The number of carbonyl (C=O) groups is 3. The van der Waals surface area contributed by atoms with Gasteiger partial charge in [-0.1, -0.05) is 38.4 Å². The Morgan fingerprint density at radius 2 is 1.93 bits per heavy atom. The first-order chi connectivity index (χ1) is 14.1. The number of hydrogen-bond donors (Lipinski definition) is 3. The molecule has 3 amide bonds. The first kappa shape index (κ1) is 22.6. The van der Waals surface area contributed by atoms with Crippen molar-refractivity contribution in [3.8, 4) is 0 Å². The Bertz CT molecular complexity index is 815. The predicted molar refractivity (Wildman–Crippen MR) is 115 cm³/mol. The fourth-order valence-electron chi connectivity index (χ4n) is 3.93. The smallest absolute Gasteiger partial charge is 0.247 e. The first-order valence-corrected chi connectivity index (χ1v) is 10.8. The van der Waals surface area contributed by atoms with Gasteiger partial charge >= 0.3 is 0 Å². The lowest BCUT2D eigenvalue weighted by atomic mass is 9.87. The van der Waals surface area contributed by atoms with E-state index in [9.17, 15) is 14.4 Å². The van der Waals surface area contributed by atoms with Crippen LogP contribution < -0.4 is 16.0 Å². The van der Waals surface area contributed by atoms with Crippen molar-refractivity contribution in [2.75, 3.05) is 25.1 Å². The second kappa shape index (κ2) is 9.35. The Kier molecular flexibility index (Phi) is 7.03. The molecule has 7 nitrogen and oxygen atoms in total. The lowest BCUT2D eigenvalue weighted by Gasteiger charge is -2.31. The molecule has 2 heterocycles. The highest BCUT2D eigenvalue weighted by molar-refractivity contribution is 6.31. The Morgan fingerprint density at radius 3 is 2.50 bits per heavy atom. The summed E-state index contributed by atoms with van der Waals surface area (Å²) >= 11 is 6.43. The third kappa shape index (κ3) is 5.52. The number of anilines is 1. The Labute approximate surface area is 182 Å². The standard InChI is InChI=1S/C22H30ClN3O4/c1-22(2,3)16-5-4-15(11-17(16)23)25-21(29)19(13-6-8-30-9-7-13)26-20(28)14-10-18(27)24-12-14/h4-5,11,13-14,19H,6-10,12H2,1-3H3,(H,24,27)(H,25,29)(H,26,28)/t14-,19-/m0/s1. The van der Waals surface area contributed by atoms with Gasteiger partial charge in [-0.15, -0.1) is 0 Å². The molecule has 1 aromatic rings. The molecule has 0 aliphatic carbocycles. The van der Waals surface area contributed by atoms with Crippen molar-refractivity contribution in [3.63, 3.8) is 0 Å². The molecule has 3 rings (SSSR count). The zero-order valence-electron chi connectivity index (χ0n) is 17.7. The lowest BCUT2D eigenvalue weighted by molar-refractivity contribution is -0.131. The van der Waals surface area contributed by atoms with Crippen LogP contribution in [0.3, 0.4) is 0 Å². The summed E-state index contributed by atoms with van der Waals surface area (Å²) in [6, 6.07) is 4.78. The van der Waals surface area contributed by atoms with Crippen LogP contribution in [0.25, 0.3) is 0 Å². The van der Waals surface area contributed by atoms with E-state index in [0.717, 1.165) is 5.56 Å². The number of halogens is 1. The van der Waals surface area contributed by atoms with E-state index in [0.29, 0.717) is 43.3 Å². The fraction of sp³-hybridized carbons (Fsp3) is 0.591. The summed E-state index contributed by atoms with van der Waals surface area (Å²) in [5.41, 5.74) is 1.47. The van der Waals surface area contributed by atoms with Gasteiger partial charge < -0.3 is 20.7 Å². The van der Waals surface area contributed by atoms with Crippen LogP contribution in [-0.2, 0) is 24.5 Å². The van der Waals surface area contributed by atoms with Gasteiger partial charge in [0, 0.05) is 36.9 Å². The van der Waals surface area contributed by atoms with Gasteiger partial charge in [0.25, 0.3) is 0 Å². The number of carbonyl (C=O) groups excluding carboxylic acids is 3. The number of ether oxygens (including phenoxy) is 1. The lowest BCUT2D eigenvalue weighted by Crippen LogP contribution is -2.51. The van der Waals surface area contributed by atoms with Crippen LogP contribution in [0, 0.1) is 11.8 Å². The first-order valence-electron chi connectivity index (χ1n) is 10.4. The molecule has 2 fully saturated rings. The zero-order valence-corrected chi connectivity index (χ0v) is 18.5. The highest BCUT2D eigenvalue weighted by Gasteiger charge is 2.35. The van der Waals surface area contributed by atoms with Gasteiger partial charge in [-0.3, -0.25) is 14.4 Å². The molecule has 0 aromatic heterocycles. The Morgan fingerprint density at radius 1 is 1.23 bits per heavy atom. The topological polar surface area (TPSA) is 96.5 Å². The molecule has 3 N–H and O–H groups in total. The summed E-state index contributed by atoms with van der Waals surface area (Å²) < 4.78 is 5.41. The van der Waals surface area contributed by atoms with Gasteiger partial charge in [-0.05, 0) is 41.9 Å². The van der Waals surface area contributed by atoms with E-state index in [4.69, 9.17) is 16.3 Å². The van der Waals surface area contributed by atoms with E-state index < -0.39 is 12.0 Å². The number of rotatable bonds is 5. The largest absolute Gasteiger partial charge is 0.381 e. The quantitative estimate of drug-likeness (QED) is 0.662. The van der Waals surface area contributed by atoms with Crippen LogP contribution in [0.15, 0.2) is 18.2 Å². The maximum atomic E-state index is 13.1. The Balaban J connectivity index is 1.74. The van der Waals surface area contributed by atoms with E-state index >= 15 is 0 Å². The average molecular weight is 436 g/mol. The van der Waals surface area contributed by atoms with Crippen molar-refractivity contribution in [1.29, 1.82) is 0 Å². The number of benzene rings is 1. The van der Waals surface area contributed by atoms with E-state index in [-0.39, 0.29) is 35.5 Å². The van der Waals surface area contributed by atoms with Crippen LogP contribution in [-0.4, -0.2) is 43.5 Å². The van der Waals surface area contributed by atoms with E-state index in [1.165, 1.54) is 0 Å². The van der Waals surface area contributed by atoms with Crippen molar-refractivity contribution in [1.82, 2.24) is 10.6 Å². The van der Waals surface area contributed by atoms with Crippen molar-refractivity contribution in [2.24, 2.45) is 11.8 Å². The highest BCUT2D eigenvalue weighted by atomic mass is 35.5. The maximum Gasteiger partial charge on any atom is 0.247 e. The van der Waals surface area contributed by atoms with Gasteiger partial charge in [-0.25, -0.2) is 0 Å². The summed E-state index contributed by atoms with van der Waals surface area (Å²) in [5.74, 6) is -1.19. The molecule has 0 saturated carbocycles.